The number of hydrogen-bond donors (Lipinski definition) is 0. The molecule has 1 aliphatic heterocycles. The third kappa shape index (κ3) is 2.60. The Morgan fingerprint density at radius 3 is 2.80 bits per heavy atom. The maximum atomic E-state index is 5.22. The molecule has 3 nitrogen and oxygen atoms in total. The zero-order valence-corrected chi connectivity index (χ0v) is 6.93. The van der Waals surface area contributed by atoms with E-state index in [1.165, 1.54) is 24.0 Å². The molecule has 4 heteroatoms. The third-order valence-corrected chi connectivity index (χ3v) is 1.79. The van der Waals surface area contributed by atoms with E-state index in [-0.39, 0.29) is 0 Å². The van der Waals surface area contributed by atoms with Crippen LogP contribution in [0.1, 0.15) is 12.8 Å². The highest BCUT2D eigenvalue weighted by Crippen LogP contribution is 2.05. The van der Waals surface area contributed by atoms with Crippen molar-refractivity contribution in [2.24, 2.45) is 4.36 Å². The maximum absolute atomic E-state index is 5.22. The minimum absolute atomic E-state index is 1.06. The second-order valence-electron chi connectivity index (χ2n) is 2.13. The van der Waals surface area contributed by atoms with Gasteiger partial charge in [-0.05, 0) is 24.0 Å². The van der Waals surface area contributed by atoms with Crippen LogP contribution in [0.2, 0.25) is 0 Å². The van der Waals surface area contributed by atoms with Gasteiger partial charge >= 0.3 is 0 Å². The molecule has 0 aromatic heterocycles. The molecule has 0 radical (unpaired) electrons. The van der Waals surface area contributed by atoms with Gasteiger partial charge in [0.2, 0.25) is 0 Å². The summed E-state index contributed by atoms with van der Waals surface area (Å²) in [6.07, 6.45) is 2.50. The molecule has 1 aliphatic rings. The van der Waals surface area contributed by atoms with E-state index in [1.807, 2.05) is 5.06 Å². The predicted octanol–water partition coefficient (Wildman–Crippen LogP) is 0.669. The van der Waals surface area contributed by atoms with Crippen LogP contribution in [-0.2, 0) is 16.0 Å². The van der Waals surface area contributed by atoms with Crippen molar-refractivity contribution in [2.75, 3.05) is 20.1 Å². The highest BCUT2D eigenvalue weighted by atomic mass is 32.1. The number of nitrogens with zero attached hydrogens (tertiary/aromatic N) is 2. The van der Waals surface area contributed by atoms with Crippen LogP contribution in [0, 0.1) is 0 Å². The van der Waals surface area contributed by atoms with E-state index in [4.69, 9.17) is 4.84 Å². The van der Waals surface area contributed by atoms with Gasteiger partial charge in [0.25, 0.3) is 0 Å². The van der Waals surface area contributed by atoms with Gasteiger partial charge in [-0.1, -0.05) is 0 Å². The van der Waals surface area contributed by atoms with E-state index in [9.17, 15) is 0 Å². The zero-order chi connectivity index (χ0) is 7.23. The monoisotopic (exact) mass is 160 g/mol. The SMILES string of the molecule is CN=S=CON1CCCC1. The Morgan fingerprint density at radius 1 is 1.50 bits per heavy atom. The lowest BCUT2D eigenvalue weighted by Crippen LogP contribution is -2.18. The standard InChI is InChI=1S/C6H12N2OS/c1-7-10-6-9-8-4-2-3-5-8/h6H,2-5H2,1H3. The van der Waals surface area contributed by atoms with Gasteiger partial charge in [-0.15, -0.1) is 0 Å². The van der Waals surface area contributed by atoms with E-state index in [0.29, 0.717) is 0 Å². The second kappa shape index (κ2) is 4.60. The van der Waals surface area contributed by atoms with E-state index < -0.39 is 0 Å². The van der Waals surface area contributed by atoms with Gasteiger partial charge < -0.3 is 0 Å². The van der Waals surface area contributed by atoms with Crippen LogP contribution >= 0.6 is 0 Å². The molecular formula is C6H12N2OS. The van der Waals surface area contributed by atoms with Gasteiger partial charge in [-0.25, -0.2) is 4.36 Å². The van der Waals surface area contributed by atoms with E-state index in [2.05, 4.69) is 4.36 Å². The Bertz CT molecular complexity index is 148. The largest absolute Gasteiger partial charge is 0.257 e. The van der Waals surface area contributed by atoms with Crippen molar-refractivity contribution >= 4 is 16.7 Å². The summed E-state index contributed by atoms with van der Waals surface area (Å²) in [6, 6.07) is 0. The van der Waals surface area contributed by atoms with Crippen LogP contribution in [0.25, 0.3) is 0 Å². The fourth-order valence-corrected chi connectivity index (χ4v) is 1.16. The molecule has 0 amide bonds. The lowest BCUT2D eigenvalue weighted by Gasteiger charge is -2.08. The highest BCUT2D eigenvalue weighted by Gasteiger charge is 2.09. The first kappa shape index (κ1) is 7.91. The number of hydrogen-bond acceptors (Lipinski definition) is 3. The molecular weight excluding hydrogens is 148 g/mol. The van der Waals surface area contributed by atoms with Crippen molar-refractivity contribution in [1.82, 2.24) is 5.06 Å². The molecule has 0 unspecified atom stereocenters. The number of hydroxylamine groups is 2. The Balaban J connectivity index is 2.18. The molecule has 0 spiro atoms. The summed E-state index contributed by atoms with van der Waals surface area (Å²) >= 11 is 1.33. The molecule has 0 saturated carbocycles. The summed E-state index contributed by atoms with van der Waals surface area (Å²) in [5, 5.41) is 1.96. The molecule has 1 fully saturated rings. The average Bonchev–Trinajstić information content (AvgIpc) is 2.41. The molecule has 1 rings (SSSR count). The molecule has 0 atom stereocenters. The van der Waals surface area contributed by atoms with Gasteiger partial charge in [0.1, 0.15) is 5.55 Å². The van der Waals surface area contributed by atoms with Crippen LogP contribution < -0.4 is 0 Å². The fraction of sp³-hybridized carbons (Fsp3) is 0.833. The third-order valence-electron chi connectivity index (χ3n) is 1.41. The molecule has 10 heavy (non-hydrogen) atoms. The predicted molar refractivity (Wildman–Crippen MR) is 43.7 cm³/mol. The highest BCUT2D eigenvalue weighted by molar-refractivity contribution is 7.66. The molecule has 1 heterocycles. The Morgan fingerprint density at radius 2 is 2.20 bits per heavy atom. The summed E-state index contributed by atoms with van der Waals surface area (Å²) in [7, 11) is 1.74. The van der Waals surface area contributed by atoms with Crippen molar-refractivity contribution < 1.29 is 4.84 Å². The van der Waals surface area contributed by atoms with E-state index >= 15 is 0 Å². The Labute approximate surface area is 64.6 Å². The van der Waals surface area contributed by atoms with Gasteiger partial charge in [0.05, 0.1) is 0 Å². The molecule has 0 bridgehead atoms. The average molecular weight is 160 g/mol. The van der Waals surface area contributed by atoms with Crippen molar-refractivity contribution in [3.05, 3.63) is 0 Å². The molecule has 0 N–H and O–H groups in total. The lowest BCUT2D eigenvalue weighted by atomic mass is 10.4. The summed E-state index contributed by atoms with van der Waals surface area (Å²) in [5.41, 5.74) is 1.66. The quantitative estimate of drug-likeness (QED) is 0.555. The van der Waals surface area contributed by atoms with Crippen molar-refractivity contribution in [3.8, 4) is 0 Å². The first-order valence-corrected chi connectivity index (χ1v) is 4.25. The smallest absolute Gasteiger partial charge is 0.133 e. The molecule has 1 saturated heterocycles. The van der Waals surface area contributed by atoms with Crippen LogP contribution in [0.3, 0.4) is 0 Å². The van der Waals surface area contributed by atoms with Crippen molar-refractivity contribution in [1.29, 1.82) is 0 Å². The minimum Gasteiger partial charge on any atom is -0.257 e. The number of rotatable bonds is 2. The van der Waals surface area contributed by atoms with Crippen LogP contribution in [-0.4, -0.2) is 30.8 Å². The zero-order valence-electron chi connectivity index (χ0n) is 6.12. The van der Waals surface area contributed by atoms with Gasteiger partial charge in [-0.2, -0.15) is 5.06 Å². The summed E-state index contributed by atoms with van der Waals surface area (Å²) < 4.78 is 3.81. The van der Waals surface area contributed by atoms with Crippen molar-refractivity contribution in [3.63, 3.8) is 0 Å². The maximum Gasteiger partial charge on any atom is 0.133 e. The van der Waals surface area contributed by atoms with Crippen molar-refractivity contribution in [2.45, 2.75) is 12.8 Å². The first-order valence-electron chi connectivity index (χ1n) is 3.42. The van der Waals surface area contributed by atoms with Crippen LogP contribution in [0.15, 0.2) is 4.36 Å². The molecule has 0 aliphatic carbocycles. The fourth-order valence-electron chi connectivity index (χ4n) is 0.917. The summed E-state index contributed by atoms with van der Waals surface area (Å²) in [5.74, 6) is 0. The minimum atomic E-state index is 1.06. The van der Waals surface area contributed by atoms with Crippen LogP contribution in [0.4, 0.5) is 0 Å². The Kier molecular flexibility index (Phi) is 3.64. The molecule has 0 aromatic carbocycles. The molecule has 0 aromatic rings. The molecule has 58 valence electrons. The summed E-state index contributed by atoms with van der Waals surface area (Å²) in [6.45, 7) is 2.11. The van der Waals surface area contributed by atoms with E-state index in [0.717, 1.165) is 13.1 Å². The summed E-state index contributed by atoms with van der Waals surface area (Å²) in [4.78, 5) is 5.22. The normalized spacial score (nSPS) is 18.9. The van der Waals surface area contributed by atoms with Crippen LogP contribution in [0.5, 0.6) is 0 Å². The van der Waals surface area contributed by atoms with Gasteiger partial charge in [0.15, 0.2) is 0 Å². The second-order valence-corrected chi connectivity index (χ2v) is 2.89. The van der Waals surface area contributed by atoms with Gasteiger partial charge in [0, 0.05) is 20.1 Å². The first-order chi connectivity index (χ1) is 4.93. The topological polar surface area (TPSA) is 24.8 Å². The Hall–Kier alpha value is -0.190. The van der Waals surface area contributed by atoms with Gasteiger partial charge in [-0.3, -0.25) is 4.84 Å². The lowest BCUT2D eigenvalue weighted by molar-refractivity contribution is -0.0391. The van der Waals surface area contributed by atoms with E-state index in [1.54, 1.807) is 12.6 Å².